The Balaban J connectivity index is 0.751. The quantitative estimate of drug-likeness (QED) is 0.0660. The molecule has 3 saturated heterocycles. The zero-order chi connectivity index (χ0) is 47.0. The van der Waals surface area contributed by atoms with Crippen molar-refractivity contribution in [2.75, 3.05) is 69.2 Å². The van der Waals surface area contributed by atoms with Gasteiger partial charge in [-0.15, -0.1) is 0 Å². The normalized spacial score (nSPS) is 19.3. The van der Waals surface area contributed by atoms with E-state index in [0.717, 1.165) is 84.4 Å². The third-order valence-electron chi connectivity index (χ3n) is 12.9. The number of benzene rings is 3. The second-order valence-electron chi connectivity index (χ2n) is 17.1. The summed E-state index contributed by atoms with van der Waals surface area (Å²) in [5.74, 6) is -4.20. The number of ketones is 1. The number of anilines is 2. The van der Waals surface area contributed by atoms with Gasteiger partial charge in [0.2, 0.25) is 17.6 Å². The number of fused-ring (bicyclic) bond motifs is 2. The number of piperazine rings is 1. The summed E-state index contributed by atoms with van der Waals surface area (Å²) in [6, 6.07) is 14.4. The summed E-state index contributed by atoms with van der Waals surface area (Å²) in [5.41, 5.74) is 3.17. The fourth-order valence-corrected chi connectivity index (χ4v) is 10.5. The van der Waals surface area contributed by atoms with E-state index in [1.165, 1.54) is 18.2 Å². The number of unbranched alkanes of at least 4 members (excludes halogenated alkanes) is 1. The van der Waals surface area contributed by atoms with Crippen molar-refractivity contribution in [2.24, 2.45) is 0 Å². The average Bonchev–Trinajstić information content (AvgIpc) is 4.05. The lowest BCUT2D eigenvalue weighted by Gasteiger charge is -2.36. The number of rotatable bonds is 16. The number of hydrogen-bond acceptors (Lipinski definition) is 11. The number of amides is 3. The lowest BCUT2D eigenvalue weighted by atomic mass is 9.99. The van der Waals surface area contributed by atoms with E-state index in [0.29, 0.717) is 34.5 Å². The number of H-pyrrole nitrogens is 1. The van der Waals surface area contributed by atoms with E-state index in [-0.39, 0.29) is 56.3 Å². The van der Waals surface area contributed by atoms with E-state index in [9.17, 15) is 32.0 Å². The third-order valence-corrected chi connectivity index (χ3v) is 14.4. The molecule has 352 valence electrons. The molecule has 0 bridgehead atoms. The highest BCUT2D eigenvalue weighted by Gasteiger charge is 2.41. The number of alkyl halides is 1. The molecule has 0 aliphatic carbocycles. The van der Waals surface area contributed by atoms with Crippen LogP contribution in [0.3, 0.4) is 0 Å². The van der Waals surface area contributed by atoms with Crippen molar-refractivity contribution in [2.45, 2.75) is 57.5 Å². The van der Waals surface area contributed by atoms with Crippen molar-refractivity contribution in [1.82, 2.24) is 29.4 Å². The Morgan fingerprint density at radius 1 is 0.955 bits per heavy atom. The second-order valence-corrected chi connectivity index (χ2v) is 18.8. The molecule has 20 heteroatoms. The maximum absolute atomic E-state index is 15.7. The Bertz CT molecular complexity index is 2850. The molecule has 5 aromatic rings. The molecule has 67 heavy (non-hydrogen) atoms. The average molecular weight is 943 g/mol. The van der Waals surface area contributed by atoms with Crippen molar-refractivity contribution in [3.05, 3.63) is 106 Å². The number of piperidine rings is 1. The molecule has 4 aliphatic heterocycles. The number of halogens is 3. The van der Waals surface area contributed by atoms with Crippen LogP contribution >= 0.6 is 0 Å². The molecule has 0 spiro atoms. The predicted molar refractivity (Wildman–Crippen MR) is 242 cm³/mol. The van der Waals surface area contributed by atoms with E-state index in [2.05, 4.69) is 25.1 Å². The topological polar surface area (TPSA) is 187 Å². The number of aromatic amines is 1. The molecule has 6 heterocycles. The van der Waals surface area contributed by atoms with Crippen molar-refractivity contribution in [3.8, 4) is 16.9 Å². The van der Waals surface area contributed by atoms with Gasteiger partial charge in [0, 0.05) is 99.0 Å². The van der Waals surface area contributed by atoms with Crippen molar-refractivity contribution < 1.29 is 50.2 Å². The first kappa shape index (κ1) is 45.8. The maximum Gasteiger partial charge on any atom is 0.301 e. The standard InChI is InChI=1S/C47H49F3N8O8S/c1-65-44-30(5-4-29-25-58(47(62)40(29)44)38-12-13-39(59)53-46(38)61)27-66-21-3-2-15-55-17-19-56(20-18-55)33-8-6-28(7-9-33)31-22-34-35(24-52-45(34)51-23-31)43(60)41-36(49)10-11-37(42(41)50)54-67(63,64)57-16-14-32(48)26-57/h4-11,22-24,32,38,54H,2-3,12-21,25-27H2,1H3,(H,51,52)(H,53,59,61)/t32-,38?/m1/s1. The van der Waals surface area contributed by atoms with E-state index in [1.54, 1.807) is 12.3 Å². The summed E-state index contributed by atoms with van der Waals surface area (Å²) in [6.45, 7) is 4.96. The summed E-state index contributed by atoms with van der Waals surface area (Å²) in [7, 11) is -2.84. The van der Waals surface area contributed by atoms with Gasteiger partial charge in [-0.3, -0.25) is 34.1 Å². The van der Waals surface area contributed by atoms with Gasteiger partial charge >= 0.3 is 10.2 Å². The molecular weight excluding hydrogens is 894 g/mol. The van der Waals surface area contributed by atoms with Gasteiger partial charge in [-0.1, -0.05) is 24.3 Å². The number of nitrogens with zero attached hydrogens (tertiary/aromatic N) is 5. The van der Waals surface area contributed by atoms with Crippen LogP contribution in [-0.2, 0) is 37.7 Å². The molecule has 9 rings (SSSR count). The highest BCUT2D eigenvalue weighted by molar-refractivity contribution is 7.90. The number of ether oxygens (including phenoxy) is 2. The minimum absolute atomic E-state index is 0.000697. The molecule has 2 atom stereocenters. The second kappa shape index (κ2) is 19.1. The number of carbonyl (C=O) groups is 4. The van der Waals surface area contributed by atoms with Crippen LogP contribution < -0.4 is 19.7 Å². The number of nitrogens with one attached hydrogen (secondary N) is 3. The van der Waals surface area contributed by atoms with Crippen molar-refractivity contribution >= 4 is 56.1 Å². The van der Waals surface area contributed by atoms with Gasteiger partial charge in [0.25, 0.3) is 5.91 Å². The number of imide groups is 1. The Morgan fingerprint density at radius 3 is 2.48 bits per heavy atom. The van der Waals surface area contributed by atoms with Crippen LogP contribution in [0.2, 0.25) is 0 Å². The Kier molecular flexibility index (Phi) is 13.1. The van der Waals surface area contributed by atoms with Gasteiger partial charge in [-0.05, 0) is 73.7 Å². The zero-order valence-electron chi connectivity index (χ0n) is 36.7. The summed E-state index contributed by atoms with van der Waals surface area (Å²) in [4.78, 5) is 64.9. The number of aromatic nitrogens is 2. The van der Waals surface area contributed by atoms with Gasteiger partial charge < -0.3 is 24.3 Å². The molecule has 2 aromatic heterocycles. The van der Waals surface area contributed by atoms with Crippen LogP contribution in [0.15, 0.2) is 67.0 Å². The van der Waals surface area contributed by atoms with Crippen LogP contribution in [0.4, 0.5) is 24.5 Å². The maximum atomic E-state index is 15.7. The summed E-state index contributed by atoms with van der Waals surface area (Å²) < 4.78 is 84.7. The van der Waals surface area contributed by atoms with Gasteiger partial charge in [0.15, 0.2) is 5.82 Å². The predicted octanol–water partition coefficient (Wildman–Crippen LogP) is 5.33. The van der Waals surface area contributed by atoms with Crippen LogP contribution in [0, 0.1) is 11.6 Å². The molecular formula is C47H49F3N8O8S. The van der Waals surface area contributed by atoms with E-state index in [1.807, 2.05) is 41.1 Å². The summed E-state index contributed by atoms with van der Waals surface area (Å²) in [6.07, 6.45) is 3.86. The summed E-state index contributed by atoms with van der Waals surface area (Å²) >= 11 is 0. The zero-order valence-corrected chi connectivity index (χ0v) is 37.5. The van der Waals surface area contributed by atoms with Crippen molar-refractivity contribution in [3.63, 3.8) is 0 Å². The first-order chi connectivity index (χ1) is 32.3. The molecule has 3 aromatic carbocycles. The van der Waals surface area contributed by atoms with Crippen LogP contribution in [0.1, 0.15) is 69.5 Å². The molecule has 3 fully saturated rings. The van der Waals surface area contributed by atoms with Gasteiger partial charge in [-0.2, -0.15) is 12.7 Å². The smallest absolute Gasteiger partial charge is 0.301 e. The number of carbonyl (C=O) groups excluding carboxylic acids is 4. The minimum Gasteiger partial charge on any atom is -0.496 e. The lowest BCUT2D eigenvalue weighted by molar-refractivity contribution is -0.136. The van der Waals surface area contributed by atoms with E-state index < -0.39 is 63.5 Å². The fourth-order valence-electron chi connectivity index (χ4n) is 9.26. The third kappa shape index (κ3) is 9.35. The van der Waals surface area contributed by atoms with Gasteiger partial charge in [0.05, 0.1) is 30.5 Å². The first-order valence-electron chi connectivity index (χ1n) is 22.2. The monoisotopic (exact) mass is 942 g/mol. The molecule has 3 N–H and O–H groups in total. The Hall–Kier alpha value is -6.35. The number of methoxy groups -OCH3 is 1. The highest BCUT2D eigenvalue weighted by atomic mass is 32.2. The SMILES string of the molecule is COc1c(COCCCCN2CCN(c3ccc(-c4cnc5[nH]cc(C(=O)c6c(F)ccc(NS(=O)(=O)N7CC[C@@H](F)C7)c6F)c5c4)cc3)CC2)ccc2c1C(=O)N(C1CCC(=O)NC1=O)C2. The lowest BCUT2D eigenvalue weighted by Crippen LogP contribution is -2.52. The molecule has 0 saturated carbocycles. The molecule has 16 nitrogen and oxygen atoms in total. The molecule has 1 unspecified atom stereocenters. The molecule has 4 aliphatic rings. The minimum atomic E-state index is -4.36. The van der Waals surface area contributed by atoms with Crippen LogP contribution in [0.5, 0.6) is 5.75 Å². The Morgan fingerprint density at radius 2 is 1.75 bits per heavy atom. The number of hydrogen-bond donors (Lipinski definition) is 3. The van der Waals surface area contributed by atoms with Gasteiger partial charge in [-0.25, -0.2) is 18.2 Å². The van der Waals surface area contributed by atoms with E-state index in [4.69, 9.17) is 9.47 Å². The summed E-state index contributed by atoms with van der Waals surface area (Å²) in [5, 5.41) is 2.65. The molecule has 0 radical (unpaired) electrons. The molecule has 3 amide bonds. The van der Waals surface area contributed by atoms with E-state index >= 15 is 8.78 Å². The number of pyridine rings is 1. The van der Waals surface area contributed by atoms with Crippen LogP contribution in [-0.4, -0.2) is 128 Å². The van der Waals surface area contributed by atoms with Gasteiger partial charge in [0.1, 0.15) is 29.4 Å². The fraction of sp³-hybridized carbons (Fsp3) is 0.383. The van der Waals surface area contributed by atoms with Crippen molar-refractivity contribution in [1.29, 1.82) is 0 Å². The first-order valence-corrected chi connectivity index (χ1v) is 23.6. The van der Waals surface area contributed by atoms with Crippen LogP contribution in [0.25, 0.3) is 22.2 Å². The highest BCUT2D eigenvalue weighted by Crippen LogP contribution is 2.37. The largest absolute Gasteiger partial charge is 0.496 e. The Labute approximate surface area is 384 Å².